The van der Waals surface area contributed by atoms with E-state index in [0.29, 0.717) is 17.1 Å². The summed E-state index contributed by atoms with van der Waals surface area (Å²) in [6.07, 6.45) is 6.24. The van der Waals surface area contributed by atoms with E-state index in [1.165, 1.54) is 0 Å². The van der Waals surface area contributed by atoms with Crippen LogP contribution in [0.15, 0.2) is 60.9 Å². The third kappa shape index (κ3) is 3.91. The van der Waals surface area contributed by atoms with Crippen LogP contribution in [0.5, 0.6) is 0 Å². The van der Waals surface area contributed by atoms with Crippen molar-refractivity contribution in [2.24, 2.45) is 0 Å². The summed E-state index contributed by atoms with van der Waals surface area (Å²) in [4.78, 5) is 29.0. The van der Waals surface area contributed by atoms with Crippen molar-refractivity contribution >= 4 is 22.6 Å². The van der Waals surface area contributed by atoms with Gasteiger partial charge in [-0.25, -0.2) is 15.0 Å². The molecule has 0 aliphatic carbocycles. The highest BCUT2D eigenvalue weighted by Gasteiger charge is 2.10. The first kappa shape index (κ1) is 17.9. The Morgan fingerprint density at radius 1 is 1.07 bits per heavy atom. The number of rotatable bonds is 6. The minimum Gasteiger partial charge on any atom is -0.342 e. The number of aromatic nitrogens is 4. The van der Waals surface area contributed by atoms with Gasteiger partial charge in [0.25, 0.3) is 5.91 Å². The van der Waals surface area contributed by atoms with Gasteiger partial charge in [-0.15, -0.1) is 0 Å². The normalized spacial score (nSPS) is 10.9. The predicted octanol–water partition coefficient (Wildman–Crippen LogP) is 4.61. The van der Waals surface area contributed by atoms with E-state index in [9.17, 15) is 4.79 Å². The second kappa shape index (κ2) is 8.00. The Labute approximate surface area is 163 Å². The number of hydrogen-bond donors (Lipinski definition) is 2. The van der Waals surface area contributed by atoms with E-state index in [-0.39, 0.29) is 5.91 Å². The van der Waals surface area contributed by atoms with Crippen molar-refractivity contribution in [2.45, 2.75) is 26.2 Å². The number of nitrogens with zero attached hydrogens (tertiary/aromatic N) is 3. The van der Waals surface area contributed by atoms with Gasteiger partial charge >= 0.3 is 0 Å². The number of carbonyl (C=O) groups is 1. The van der Waals surface area contributed by atoms with Crippen LogP contribution in [0.2, 0.25) is 0 Å². The lowest BCUT2D eigenvalue weighted by Crippen LogP contribution is -2.12. The van der Waals surface area contributed by atoms with Gasteiger partial charge in [0.2, 0.25) is 0 Å². The lowest BCUT2D eigenvalue weighted by molar-refractivity contribution is 0.102. The highest BCUT2D eigenvalue weighted by Crippen LogP contribution is 2.19. The van der Waals surface area contributed by atoms with E-state index in [4.69, 9.17) is 0 Å². The third-order valence-corrected chi connectivity index (χ3v) is 4.50. The van der Waals surface area contributed by atoms with E-state index in [2.05, 4.69) is 32.2 Å². The van der Waals surface area contributed by atoms with Crippen LogP contribution in [-0.4, -0.2) is 25.8 Å². The Bertz CT molecular complexity index is 1090. The van der Waals surface area contributed by atoms with E-state index in [0.717, 1.165) is 41.7 Å². The Hall–Kier alpha value is -3.54. The number of unbranched alkanes of at least 4 members (excludes halogenated alkanes) is 1. The molecule has 6 heteroatoms. The number of aryl methyl sites for hydroxylation is 1. The molecule has 4 rings (SSSR count). The smallest absolute Gasteiger partial charge is 0.258 e. The van der Waals surface area contributed by atoms with Crippen LogP contribution in [0.1, 0.15) is 35.9 Å². The molecule has 0 spiro atoms. The zero-order chi connectivity index (χ0) is 19.3. The molecule has 2 aromatic heterocycles. The number of anilines is 1. The standard InChI is InChI=1S/C22H21N5O/c1-2-3-9-20-26-18-11-10-17(12-19(18)27-20)25-22(28)16-13-23-21(24-14-16)15-7-5-4-6-8-15/h4-8,10-14H,2-3,9H2,1H3,(H,25,28)(H,26,27). The molecule has 1 amide bonds. The summed E-state index contributed by atoms with van der Waals surface area (Å²) in [5, 5.41) is 2.90. The average molecular weight is 371 g/mol. The fourth-order valence-corrected chi connectivity index (χ4v) is 2.99. The van der Waals surface area contributed by atoms with E-state index in [1.54, 1.807) is 12.4 Å². The van der Waals surface area contributed by atoms with Crippen LogP contribution >= 0.6 is 0 Å². The number of H-pyrrole nitrogens is 1. The maximum Gasteiger partial charge on any atom is 0.258 e. The van der Waals surface area contributed by atoms with E-state index >= 15 is 0 Å². The van der Waals surface area contributed by atoms with Gasteiger partial charge in [-0.3, -0.25) is 4.79 Å². The molecule has 2 aromatic carbocycles. The maximum atomic E-state index is 12.5. The number of fused-ring (bicyclic) bond motifs is 1. The molecule has 0 aliphatic heterocycles. The number of hydrogen-bond acceptors (Lipinski definition) is 4. The summed E-state index contributed by atoms with van der Waals surface area (Å²) >= 11 is 0. The predicted molar refractivity (Wildman–Crippen MR) is 110 cm³/mol. The molecule has 0 atom stereocenters. The van der Waals surface area contributed by atoms with Crippen LogP contribution in [0, 0.1) is 0 Å². The average Bonchev–Trinajstić information content (AvgIpc) is 3.15. The minimum atomic E-state index is -0.246. The highest BCUT2D eigenvalue weighted by atomic mass is 16.1. The zero-order valence-corrected chi connectivity index (χ0v) is 15.6. The molecule has 6 nitrogen and oxygen atoms in total. The molecule has 0 saturated carbocycles. The lowest BCUT2D eigenvalue weighted by atomic mass is 10.2. The Kier molecular flexibility index (Phi) is 5.10. The fourth-order valence-electron chi connectivity index (χ4n) is 2.99. The van der Waals surface area contributed by atoms with Crippen LogP contribution in [0.25, 0.3) is 22.4 Å². The number of carbonyl (C=O) groups excluding carboxylic acids is 1. The quantitative estimate of drug-likeness (QED) is 0.518. The first-order valence-electron chi connectivity index (χ1n) is 9.40. The molecular formula is C22H21N5O. The summed E-state index contributed by atoms with van der Waals surface area (Å²) in [6, 6.07) is 15.3. The zero-order valence-electron chi connectivity index (χ0n) is 15.6. The number of imidazole rings is 1. The Morgan fingerprint density at radius 2 is 1.86 bits per heavy atom. The topological polar surface area (TPSA) is 83.6 Å². The molecule has 0 saturated heterocycles. The van der Waals surface area contributed by atoms with Crippen molar-refractivity contribution < 1.29 is 4.79 Å². The molecule has 0 aliphatic rings. The van der Waals surface area contributed by atoms with Crippen molar-refractivity contribution in [3.63, 3.8) is 0 Å². The van der Waals surface area contributed by atoms with E-state index < -0.39 is 0 Å². The van der Waals surface area contributed by atoms with Crippen LogP contribution in [0.3, 0.4) is 0 Å². The maximum absolute atomic E-state index is 12.5. The largest absolute Gasteiger partial charge is 0.342 e. The molecule has 2 N–H and O–H groups in total. The number of amides is 1. The fraction of sp³-hybridized carbons (Fsp3) is 0.182. The van der Waals surface area contributed by atoms with Gasteiger partial charge in [-0.1, -0.05) is 43.7 Å². The van der Waals surface area contributed by atoms with Gasteiger partial charge < -0.3 is 10.3 Å². The number of nitrogens with one attached hydrogen (secondary N) is 2. The molecule has 28 heavy (non-hydrogen) atoms. The second-order valence-electron chi connectivity index (χ2n) is 6.63. The molecule has 2 heterocycles. The molecular weight excluding hydrogens is 350 g/mol. The Balaban J connectivity index is 1.48. The summed E-state index contributed by atoms with van der Waals surface area (Å²) < 4.78 is 0. The molecule has 0 radical (unpaired) electrons. The summed E-state index contributed by atoms with van der Waals surface area (Å²) in [5.74, 6) is 1.32. The van der Waals surface area contributed by atoms with Gasteiger partial charge in [0.15, 0.2) is 5.82 Å². The Morgan fingerprint density at radius 3 is 2.61 bits per heavy atom. The van der Waals surface area contributed by atoms with Crippen molar-refractivity contribution in [1.82, 2.24) is 19.9 Å². The second-order valence-corrected chi connectivity index (χ2v) is 6.63. The van der Waals surface area contributed by atoms with Crippen molar-refractivity contribution in [3.8, 4) is 11.4 Å². The van der Waals surface area contributed by atoms with Crippen molar-refractivity contribution in [1.29, 1.82) is 0 Å². The van der Waals surface area contributed by atoms with Crippen LogP contribution in [0.4, 0.5) is 5.69 Å². The van der Waals surface area contributed by atoms with Crippen molar-refractivity contribution in [2.75, 3.05) is 5.32 Å². The summed E-state index contributed by atoms with van der Waals surface area (Å²) in [5.41, 5.74) is 3.85. The summed E-state index contributed by atoms with van der Waals surface area (Å²) in [7, 11) is 0. The first-order chi connectivity index (χ1) is 13.7. The van der Waals surface area contributed by atoms with Gasteiger partial charge in [0.05, 0.1) is 16.6 Å². The van der Waals surface area contributed by atoms with E-state index in [1.807, 2.05) is 48.5 Å². The monoisotopic (exact) mass is 371 g/mol. The number of benzene rings is 2. The highest BCUT2D eigenvalue weighted by molar-refractivity contribution is 6.04. The van der Waals surface area contributed by atoms with Gasteiger partial charge in [-0.05, 0) is 24.6 Å². The third-order valence-electron chi connectivity index (χ3n) is 4.50. The van der Waals surface area contributed by atoms with Crippen LogP contribution in [-0.2, 0) is 6.42 Å². The first-order valence-corrected chi connectivity index (χ1v) is 9.40. The molecule has 4 aromatic rings. The number of aromatic amines is 1. The molecule has 0 fully saturated rings. The summed E-state index contributed by atoms with van der Waals surface area (Å²) in [6.45, 7) is 2.16. The molecule has 0 unspecified atom stereocenters. The van der Waals surface area contributed by atoms with Crippen LogP contribution < -0.4 is 5.32 Å². The molecule has 140 valence electrons. The minimum absolute atomic E-state index is 0.246. The van der Waals surface area contributed by atoms with Gasteiger partial charge in [0.1, 0.15) is 5.82 Å². The van der Waals surface area contributed by atoms with Gasteiger partial charge in [-0.2, -0.15) is 0 Å². The SMILES string of the molecule is CCCCc1nc2ccc(NC(=O)c3cnc(-c4ccccc4)nc3)cc2[nH]1. The van der Waals surface area contributed by atoms with Gasteiger partial charge in [0, 0.05) is 30.1 Å². The molecule has 0 bridgehead atoms. The van der Waals surface area contributed by atoms with Crippen molar-refractivity contribution in [3.05, 3.63) is 72.3 Å². The lowest BCUT2D eigenvalue weighted by Gasteiger charge is -2.05.